The predicted molar refractivity (Wildman–Crippen MR) is 117 cm³/mol. The summed E-state index contributed by atoms with van der Waals surface area (Å²) in [6.45, 7) is 7.31. The molecule has 1 aromatic rings. The van der Waals surface area contributed by atoms with Gasteiger partial charge in [-0.1, -0.05) is 50.3 Å². The highest BCUT2D eigenvalue weighted by Crippen LogP contribution is 2.26. The van der Waals surface area contributed by atoms with Crippen LogP contribution in [-0.4, -0.2) is 35.1 Å². The Labute approximate surface area is 184 Å². The minimum Gasteiger partial charge on any atom is -0.461 e. The molecule has 170 valence electrons. The molecule has 0 spiro atoms. The molecule has 0 radical (unpaired) electrons. The number of nitrogens with one attached hydrogen (secondary N) is 2. The molecule has 1 aromatic carbocycles. The zero-order valence-electron chi connectivity index (χ0n) is 18.4. The molecule has 7 heteroatoms. The molecule has 2 amide bonds. The first-order valence-electron chi connectivity index (χ1n) is 11.0. The lowest BCUT2D eigenvalue weighted by Gasteiger charge is -2.29. The first-order chi connectivity index (χ1) is 14.9. The zero-order chi connectivity index (χ0) is 22.8. The van der Waals surface area contributed by atoms with Gasteiger partial charge in [0.1, 0.15) is 12.1 Å². The zero-order valence-corrected chi connectivity index (χ0v) is 18.4. The number of allylic oxidation sites excluding steroid dienone is 1. The molecule has 3 N–H and O–H groups in total. The van der Waals surface area contributed by atoms with E-state index < -0.39 is 35.7 Å². The average molecular weight is 431 g/mol. The molecular weight excluding hydrogens is 396 g/mol. The summed E-state index contributed by atoms with van der Waals surface area (Å²) in [5, 5.41) is 12.0. The Balaban J connectivity index is 2.22. The van der Waals surface area contributed by atoms with Gasteiger partial charge in [0.15, 0.2) is 0 Å². The van der Waals surface area contributed by atoms with Gasteiger partial charge in [0, 0.05) is 6.42 Å². The predicted octanol–water partition coefficient (Wildman–Crippen LogP) is 3.17. The van der Waals surface area contributed by atoms with Crippen molar-refractivity contribution in [3.05, 3.63) is 48.6 Å². The monoisotopic (exact) mass is 430 g/mol. The van der Waals surface area contributed by atoms with Gasteiger partial charge in [-0.2, -0.15) is 0 Å². The van der Waals surface area contributed by atoms with Crippen LogP contribution in [0.3, 0.4) is 0 Å². The van der Waals surface area contributed by atoms with Gasteiger partial charge in [0.2, 0.25) is 11.8 Å². The van der Waals surface area contributed by atoms with Crippen molar-refractivity contribution >= 4 is 17.8 Å². The highest BCUT2D eigenvalue weighted by Gasteiger charge is 2.37. The van der Waals surface area contributed by atoms with Crippen LogP contribution in [-0.2, 0) is 25.5 Å². The van der Waals surface area contributed by atoms with Crippen molar-refractivity contribution in [2.75, 3.05) is 0 Å². The summed E-state index contributed by atoms with van der Waals surface area (Å²) in [6.07, 6.45) is 5.68. The fraction of sp³-hybridized carbons (Fsp3) is 0.542. The number of esters is 1. The van der Waals surface area contributed by atoms with E-state index in [-0.39, 0.29) is 18.4 Å². The van der Waals surface area contributed by atoms with Crippen LogP contribution in [0.15, 0.2) is 43.0 Å². The minimum atomic E-state index is -0.863. The first kappa shape index (κ1) is 24.6. The Morgan fingerprint density at radius 3 is 2.35 bits per heavy atom. The van der Waals surface area contributed by atoms with E-state index in [0.717, 1.165) is 31.2 Å². The number of benzene rings is 1. The lowest BCUT2D eigenvalue weighted by Crippen LogP contribution is -2.50. The average Bonchev–Trinajstić information content (AvgIpc) is 3.25. The van der Waals surface area contributed by atoms with Crippen LogP contribution in [0.5, 0.6) is 0 Å². The van der Waals surface area contributed by atoms with Crippen molar-refractivity contribution in [2.45, 2.75) is 64.5 Å². The summed E-state index contributed by atoms with van der Waals surface area (Å²) in [5.41, 5.74) is 2.54. The second-order valence-electron chi connectivity index (χ2n) is 8.47. The molecule has 1 aliphatic rings. The van der Waals surface area contributed by atoms with E-state index in [0.29, 0.717) is 6.42 Å². The van der Waals surface area contributed by atoms with Gasteiger partial charge >= 0.3 is 5.97 Å². The van der Waals surface area contributed by atoms with Gasteiger partial charge in [-0.05, 0) is 43.6 Å². The summed E-state index contributed by atoms with van der Waals surface area (Å²) in [7, 11) is 0. The summed E-state index contributed by atoms with van der Waals surface area (Å²) in [6, 6.07) is 8.55. The molecule has 3 atom stereocenters. The maximum Gasteiger partial charge on any atom is 0.329 e. The van der Waals surface area contributed by atoms with Gasteiger partial charge in [-0.15, -0.1) is 6.58 Å². The molecule has 31 heavy (non-hydrogen) atoms. The Hall–Kier alpha value is -2.67. The molecule has 1 saturated carbocycles. The second-order valence-corrected chi connectivity index (χ2v) is 8.47. The molecule has 2 rings (SSSR count). The highest BCUT2D eigenvalue weighted by molar-refractivity contribution is 5.90. The Bertz CT molecular complexity index is 744. The number of hydrogen-bond acceptors (Lipinski definition) is 5. The topological polar surface area (TPSA) is 105 Å². The fourth-order valence-corrected chi connectivity index (χ4v) is 4.19. The Morgan fingerprint density at radius 2 is 1.81 bits per heavy atom. The van der Waals surface area contributed by atoms with Crippen molar-refractivity contribution in [1.82, 2.24) is 10.8 Å². The Morgan fingerprint density at radius 1 is 1.16 bits per heavy atom. The van der Waals surface area contributed by atoms with Gasteiger partial charge in [0.25, 0.3) is 0 Å². The van der Waals surface area contributed by atoms with Crippen LogP contribution < -0.4 is 10.8 Å². The van der Waals surface area contributed by atoms with Crippen LogP contribution in [0.25, 0.3) is 0 Å². The third kappa shape index (κ3) is 7.21. The molecule has 0 heterocycles. The lowest BCUT2D eigenvalue weighted by atomic mass is 9.80. The van der Waals surface area contributed by atoms with E-state index >= 15 is 0 Å². The number of carbonyl (C=O) groups excluding carboxylic acids is 3. The first-order valence-corrected chi connectivity index (χ1v) is 11.0. The van der Waals surface area contributed by atoms with Crippen LogP contribution in [0, 0.1) is 17.8 Å². The highest BCUT2D eigenvalue weighted by atomic mass is 16.5. The largest absolute Gasteiger partial charge is 0.461 e. The van der Waals surface area contributed by atoms with E-state index in [9.17, 15) is 14.4 Å². The SMILES string of the molecule is C=CCC(C(=O)NO)C(C(=O)NC(Cc1ccccc1)C(=O)OC1CCCC1)C(C)C. The molecule has 0 saturated heterocycles. The minimum absolute atomic E-state index is 0.114. The van der Waals surface area contributed by atoms with E-state index in [1.807, 2.05) is 44.2 Å². The standard InChI is InChI=1S/C24H34N2O5/c1-4-10-19(22(27)26-30)21(16(2)3)23(28)25-20(15-17-11-6-5-7-12-17)24(29)31-18-13-8-9-14-18/h4-7,11-12,16,18-21,30H,1,8-10,13-15H2,2-3H3,(H,25,28)(H,26,27). The molecule has 0 bridgehead atoms. The van der Waals surface area contributed by atoms with E-state index in [2.05, 4.69) is 11.9 Å². The normalized spacial score (nSPS) is 16.9. The number of rotatable bonds is 11. The fourth-order valence-electron chi connectivity index (χ4n) is 4.19. The summed E-state index contributed by atoms with van der Waals surface area (Å²) >= 11 is 0. The van der Waals surface area contributed by atoms with Crippen molar-refractivity contribution in [3.63, 3.8) is 0 Å². The molecular formula is C24H34N2O5. The maximum atomic E-state index is 13.2. The van der Waals surface area contributed by atoms with E-state index in [1.54, 1.807) is 11.6 Å². The molecule has 1 aliphatic carbocycles. The summed E-state index contributed by atoms with van der Waals surface area (Å²) < 4.78 is 5.67. The third-order valence-corrected chi connectivity index (χ3v) is 5.79. The van der Waals surface area contributed by atoms with Crippen LogP contribution >= 0.6 is 0 Å². The lowest BCUT2D eigenvalue weighted by molar-refractivity contribution is -0.153. The number of ether oxygens (including phenoxy) is 1. The molecule has 0 aromatic heterocycles. The third-order valence-electron chi connectivity index (χ3n) is 5.79. The second kappa shape index (κ2) is 12.2. The number of amides is 2. The van der Waals surface area contributed by atoms with Gasteiger partial charge in [-0.3, -0.25) is 14.8 Å². The van der Waals surface area contributed by atoms with Gasteiger partial charge in [-0.25, -0.2) is 10.3 Å². The smallest absolute Gasteiger partial charge is 0.329 e. The molecule has 3 unspecified atom stereocenters. The van der Waals surface area contributed by atoms with Gasteiger partial charge < -0.3 is 10.1 Å². The van der Waals surface area contributed by atoms with E-state index in [1.165, 1.54) is 0 Å². The van der Waals surface area contributed by atoms with Crippen LogP contribution in [0.4, 0.5) is 0 Å². The molecule has 1 fully saturated rings. The van der Waals surface area contributed by atoms with Crippen molar-refractivity contribution in [1.29, 1.82) is 0 Å². The maximum absolute atomic E-state index is 13.2. The van der Waals surface area contributed by atoms with Crippen molar-refractivity contribution in [3.8, 4) is 0 Å². The quantitative estimate of drug-likeness (QED) is 0.216. The van der Waals surface area contributed by atoms with Crippen molar-refractivity contribution in [2.24, 2.45) is 17.8 Å². The van der Waals surface area contributed by atoms with Crippen LogP contribution in [0.1, 0.15) is 51.5 Å². The van der Waals surface area contributed by atoms with Crippen LogP contribution in [0.2, 0.25) is 0 Å². The number of carbonyl (C=O) groups is 3. The van der Waals surface area contributed by atoms with E-state index in [4.69, 9.17) is 9.94 Å². The molecule has 0 aliphatic heterocycles. The summed E-state index contributed by atoms with van der Waals surface area (Å²) in [5.74, 6) is -3.28. The summed E-state index contributed by atoms with van der Waals surface area (Å²) in [4.78, 5) is 38.4. The number of hydrogen-bond donors (Lipinski definition) is 3. The van der Waals surface area contributed by atoms with Crippen molar-refractivity contribution < 1.29 is 24.3 Å². The molecule has 7 nitrogen and oxygen atoms in total. The van der Waals surface area contributed by atoms with Gasteiger partial charge in [0.05, 0.1) is 11.8 Å². The number of hydroxylamine groups is 1. The Kier molecular flexibility index (Phi) is 9.72.